The average Bonchev–Trinajstić information content (AvgIpc) is 3.34. The lowest BCUT2D eigenvalue weighted by Gasteiger charge is -2.38. The molecule has 1 aromatic heterocycles. The van der Waals surface area contributed by atoms with Crippen molar-refractivity contribution in [3.63, 3.8) is 0 Å². The van der Waals surface area contributed by atoms with E-state index in [0.29, 0.717) is 11.3 Å². The molecule has 0 bridgehead atoms. The highest BCUT2D eigenvalue weighted by molar-refractivity contribution is 7.90. The lowest BCUT2D eigenvalue weighted by Crippen LogP contribution is -2.50. The molecule has 5 aromatic rings. The van der Waals surface area contributed by atoms with E-state index in [1.54, 1.807) is 29.2 Å². The van der Waals surface area contributed by atoms with Crippen LogP contribution in [-0.4, -0.2) is 36.6 Å². The molecule has 1 aliphatic heterocycles. The van der Waals surface area contributed by atoms with Gasteiger partial charge in [0.1, 0.15) is 5.82 Å². The SMILES string of the molecule is N#Cc1cccc(C#N)c1-c1c(-c2cccc(N3CC(C(=O)O)C3)c2)n(S(=O)(=O)c2ccc(C(F)F)cc2)c2ccc(F)cc12. The number of hydrogen-bond donors (Lipinski definition) is 1. The van der Waals surface area contributed by atoms with Crippen molar-refractivity contribution in [1.82, 2.24) is 3.97 Å². The van der Waals surface area contributed by atoms with Gasteiger partial charge in [-0.25, -0.2) is 25.6 Å². The third kappa shape index (κ3) is 4.95. The number of aliphatic carboxylic acids is 1. The normalized spacial score (nSPS) is 13.4. The van der Waals surface area contributed by atoms with Gasteiger partial charge < -0.3 is 10.0 Å². The van der Waals surface area contributed by atoms with Gasteiger partial charge in [-0.1, -0.05) is 30.3 Å². The highest BCUT2D eigenvalue weighted by Gasteiger charge is 2.34. The average molecular weight is 627 g/mol. The Morgan fingerprint density at radius 2 is 1.53 bits per heavy atom. The van der Waals surface area contributed by atoms with Gasteiger partial charge in [0.05, 0.1) is 45.3 Å². The van der Waals surface area contributed by atoms with Crippen LogP contribution in [0.5, 0.6) is 0 Å². The Hall–Kier alpha value is -5.59. The predicted octanol–water partition coefficient (Wildman–Crippen LogP) is 6.55. The molecule has 12 heteroatoms. The molecule has 0 atom stereocenters. The molecular formula is C33H21F3N4O4S. The zero-order valence-corrected chi connectivity index (χ0v) is 24.0. The second-order valence-corrected chi connectivity index (χ2v) is 12.3. The van der Waals surface area contributed by atoms with E-state index in [1.165, 1.54) is 24.3 Å². The van der Waals surface area contributed by atoms with Crippen LogP contribution in [0, 0.1) is 34.4 Å². The van der Waals surface area contributed by atoms with Crippen molar-refractivity contribution in [1.29, 1.82) is 10.5 Å². The minimum Gasteiger partial charge on any atom is -0.481 e. The number of carbonyl (C=O) groups is 1. The molecule has 8 nitrogen and oxygen atoms in total. The van der Waals surface area contributed by atoms with Crippen molar-refractivity contribution >= 4 is 32.6 Å². The van der Waals surface area contributed by atoms with Gasteiger partial charge in [0.25, 0.3) is 16.4 Å². The summed E-state index contributed by atoms with van der Waals surface area (Å²) >= 11 is 0. The second kappa shape index (κ2) is 11.2. The fourth-order valence-electron chi connectivity index (χ4n) is 5.59. The van der Waals surface area contributed by atoms with E-state index in [2.05, 4.69) is 0 Å². The van der Waals surface area contributed by atoms with Crippen LogP contribution in [0.1, 0.15) is 23.1 Å². The van der Waals surface area contributed by atoms with Gasteiger partial charge in [0.2, 0.25) is 0 Å². The molecule has 1 saturated heterocycles. The van der Waals surface area contributed by atoms with Crippen molar-refractivity contribution in [2.24, 2.45) is 5.92 Å². The topological polar surface area (TPSA) is 127 Å². The molecule has 2 heterocycles. The largest absolute Gasteiger partial charge is 0.481 e. The van der Waals surface area contributed by atoms with E-state index in [-0.39, 0.29) is 62.4 Å². The lowest BCUT2D eigenvalue weighted by molar-refractivity contribution is -0.142. The molecule has 224 valence electrons. The fraction of sp³-hybridized carbons (Fsp3) is 0.121. The molecular weight excluding hydrogens is 605 g/mol. The maximum absolute atomic E-state index is 14.9. The minimum atomic E-state index is -4.58. The van der Waals surface area contributed by atoms with Crippen LogP contribution in [0.25, 0.3) is 33.3 Å². The maximum atomic E-state index is 14.9. The summed E-state index contributed by atoms with van der Waals surface area (Å²) in [5, 5.41) is 29.6. The second-order valence-electron chi connectivity index (χ2n) is 10.5. The Morgan fingerprint density at radius 3 is 2.13 bits per heavy atom. The van der Waals surface area contributed by atoms with Crippen molar-refractivity contribution in [2.75, 3.05) is 18.0 Å². The number of nitriles is 2. The summed E-state index contributed by atoms with van der Waals surface area (Å²) in [6.07, 6.45) is -2.82. The van der Waals surface area contributed by atoms with Crippen LogP contribution in [-0.2, 0) is 14.8 Å². The van der Waals surface area contributed by atoms with Crippen LogP contribution in [0.2, 0.25) is 0 Å². The number of benzene rings is 4. The number of carboxylic acid groups (broad SMARTS) is 1. The third-order valence-corrected chi connectivity index (χ3v) is 9.56. The summed E-state index contributed by atoms with van der Waals surface area (Å²) < 4.78 is 71.4. The summed E-state index contributed by atoms with van der Waals surface area (Å²) in [5.74, 6) is -2.21. The lowest BCUT2D eigenvalue weighted by atomic mass is 9.91. The van der Waals surface area contributed by atoms with Gasteiger partial charge in [0.15, 0.2) is 0 Å². The van der Waals surface area contributed by atoms with Crippen molar-refractivity contribution in [2.45, 2.75) is 11.3 Å². The van der Waals surface area contributed by atoms with Gasteiger partial charge in [-0.2, -0.15) is 10.5 Å². The molecule has 0 saturated carbocycles. The van der Waals surface area contributed by atoms with E-state index in [0.717, 1.165) is 40.4 Å². The third-order valence-electron chi connectivity index (χ3n) is 7.83. The molecule has 0 spiro atoms. The van der Waals surface area contributed by atoms with Crippen LogP contribution in [0.4, 0.5) is 18.9 Å². The molecule has 6 rings (SSSR count). The quantitative estimate of drug-likeness (QED) is 0.217. The number of hydrogen-bond acceptors (Lipinski definition) is 6. The van der Waals surface area contributed by atoms with Crippen molar-refractivity contribution in [3.8, 4) is 34.5 Å². The van der Waals surface area contributed by atoms with Gasteiger partial charge in [-0.15, -0.1) is 0 Å². The zero-order valence-electron chi connectivity index (χ0n) is 23.2. The van der Waals surface area contributed by atoms with E-state index in [4.69, 9.17) is 0 Å². The monoisotopic (exact) mass is 626 g/mol. The number of aromatic nitrogens is 1. The van der Waals surface area contributed by atoms with Gasteiger partial charge >= 0.3 is 5.97 Å². The predicted molar refractivity (Wildman–Crippen MR) is 160 cm³/mol. The van der Waals surface area contributed by atoms with Crippen LogP contribution in [0.3, 0.4) is 0 Å². The molecule has 1 aliphatic rings. The number of anilines is 1. The summed E-state index contributed by atoms with van der Waals surface area (Å²) in [5.41, 5.74) is 0.833. The smallest absolute Gasteiger partial charge is 0.310 e. The molecule has 45 heavy (non-hydrogen) atoms. The number of halogens is 3. The van der Waals surface area contributed by atoms with Crippen LogP contribution in [0.15, 0.2) is 89.8 Å². The Labute approximate surface area is 255 Å². The minimum absolute atomic E-state index is 0.00453. The highest BCUT2D eigenvalue weighted by Crippen LogP contribution is 2.46. The number of fused-ring (bicyclic) bond motifs is 1. The van der Waals surface area contributed by atoms with E-state index in [9.17, 15) is 42.0 Å². The maximum Gasteiger partial charge on any atom is 0.310 e. The first-order chi connectivity index (χ1) is 21.5. The Kier molecular flexibility index (Phi) is 7.31. The standard InChI is InChI=1S/C33H21F3N4O4S/c34-24-9-12-28-27(14-24)30(29-21(15-37)4-1-5-22(29)16-38)31(20-3-2-6-25(13-20)39-17-23(18-39)33(41)42)40(28)45(43,44)26-10-7-19(8-11-26)32(35)36/h1-14,23,32H,17-18H2,(H,41,42). The van der Waals surface area contributed by atoms with Crippen LogP contribution < -0.4 is 4.90 Å². The van der Waals surface area contributed by atoms with Crippen molar-refractivity contribution < 1.29 is 31.5 Å². The van der Waals surface area contributed by atoms with Crippen LogP contribution >= 0.6 is 0 Å². The fourth-order valence-corrected chi connectivity index (χ4v) is 7.14. The summed E-state index contributed by atoms with van der Waals surface area (Å²) in [6, 6.07) is 22.7. The van der Waals surface area contributed by atoms with Gasteiger partial charge in [-0.05, 0) is 54.6 Å². The van der Waals surface area contributed by atoms with Gasteiger partial charge in [-0.3, -0.25) is 4.79 Å². The Morgan fingerprint density at radius 1 is 0.889 bits per heavy atom. The molecule has 1 N–H and O–H groups in total. The number of carboxylic acids is 1. The molecule has 0 radical (unpaired) electrons. The zero-order chi connectivity index (χ0) is 32.0. The first-order valence-electron chi connectivity index (χ1n) is 13.5. The number of alkyl halides is 2. The molecule has 1 fully saturated rings. The summed E-state index contributed by atoms with van der Waals surface area (Å²) in [7, 11) is -4.58. The Balaban J connectivity index is 1.71. The Bertz CT molecular complexity index is 2160. The van der Waals surface area contributed by atoms with E-state index < -0.39 is 34.2 Å². The van der Waals surface area contributed by atoms with E-state index in [1.807, 2.05) is 12.1 Å². The molecule has 4 aromatic carbocycles. The molecule has 0 amide bonds. The first-order valence-corrected chi connectivity index (χ1v) is 15.0. The first kappa shape index (κ1) is 29.5. The number of nitrogens with zero attached hydrogens (tertiary/aromatic N) is 4. The van der Waals surface area contributed by atoms with E-state index >= 15 is 0 Å². The summed E-state index contributed by atoms with van der Waals surface area (Å²) in [4.78, 5) is 12.9. The van der Waals surface area contributed by atoms with Gasteiger partial charge in [0, 0.05) is 46.4 Å². The molecule has 0 unspecified atom stereocenters. The highest BCUT2D eigenvalue weighted by atomic mass is 32.2. The number of rotatable bonds is 7. The molecule has 0 aliphatic carbocycles. The summed E-state index contributed by atoms with van der Waals surface area (Å²) in [6.45, 7) is 0.453. The van der Waals surface area contributed by atoms with Crippen molar-refractivity contribution in [3.05, 3.63) is 107 Å².